The molecule has 0 amide bonds. The van der Waals surface area contributed by atoms with E-state index in [-0.39, 0.29) is 13.2 Å². The number of hydrogen-bond donors (Lipinski definition) is 0. The van der Waals surface area contributed by atoms with Gasteiger partial charge in [-0.3, -0.25) is 14.4 Å². The number of anilines is 1. The van der Waals surface area contributed by atoms with Gasteiger partial charge in [0.25, 0.3) is 0 Å². The van der Waals surface area contributed by atoms with Crippen LogP contribution in [0.3, 0.4) is 0 Å². The first-order chi connectivity index (χ1) is 15.5. The lowest BCUT2D eigenvalue weighted by Crippen LogP contribution is -2.58. The molecule has 2 heterocycles. The van der Waals surface area contributed by atoms with Crippen molar-refractivity contribution < 1.29 is 33.4 Å². The van der Waals surface area contributed by atoms with Crippen molar-refractivity contribution in [3.05, 3.63) is 64.3 Å². The van der Waals surface area contributed by atoms with Crippen LogP contribution in [0.4, 0.5) is 5.69 Å². The monoisotopic (exact) mass is 551 g/mol. The molecule has 0 unspecified atom stereocenters. The first-order valence-electron chi connectivity index (χ1n) is 9.85. The number of para-hydroxylation sites is 1. The van der Waals surface area contributed by atoms with Crippen LogP contribution < -0.4 is 14.5 Å². The van der Waals surface area contributed by atoms with Gasteiger partial charge in [0.2, 0.25) is 6.79 Å². The molecule has 2 atom stereocenters. The first-order valence-corrected chi connectivity index (χ1v) is 10.9. The van der Waals surface area contributed by atoms with Gasteiger partial charge >= 0.3 is 11.9 Å². The van der Waals surface area contributed by atoms with E-state index < -0.39 is 29.5 Å². The van der Waals surface area contributed by atoms with E-state index in [4.69, 9.17) is 23.8 Å². The molecular formula is C23H22INO7. The molecule has 2 aliphatic rings. The summed E-state index contributed by atoms with van der Waals surface area (Å²) in [5, 5.41) is 1.57. The van der Waals surface area contributed by atoms with E-state index in [1.54, 1.807) is 29.3 Å². The number of esters is 2. The topological polar surface area (TPSA) is 83.5 Å². The zero-order valence-corrected chi connectivity index (χ0v) is 19.7. The summed E-state index contributed by atoms with van der Waals surface area (Å²) in [6, 6.07) is 11.9. The van der Waals surface area contributed by atoms with Gasteiger partial charge in [-0.05, 0) is 52.4 Å². The summed E-state index contributed by atoms with van der Waals surface area (Å²) in [6.45, 7) is 3.92. The summed E-state index contributed by atoms with van der Waals surface area (Å²) in [6.07, 6.45) is 0.906. The Morgan fingerprint density at radius 3 is 2.47 bits per heavy atom. The van der Waals surface area contributed by atoms with Gasteiger partial charge in [0.1, 0.15) is 12.1 Å². The second-order valence-corrected chi connectivity index (χ2v) is 8.49. The molecule has 0 bridgehead atoms. The van der Waals surface area contributed by atoms with Crippen LogP contribution >= 0.6 is 22.6 Å². The van der Waals surface area contributed by atoms with Gasteiger partial charge in [0.05, 0.1) is 19.9 Å². The van der Waals surface area contributed by atoms with Crippen LogP contribution in [0.25, 0.3) is 0 Å². The van der Waals surface area contributed by atoms with Gasteiger partial charge in [0, 0.05) is 9.99 Å². The Morgan fingerprint density at radius 1 is 1.12 bits per heavy atom. The Bertz CT molecular complexity index is 1040. The van der Waals surface area contributed by atoms with Crippen LogP contribution in [0.2, 0.25) is 0 Å². The highest BCUT2D eigenvalue weighted by atomic mass is 127. The lowest BCUT2D eigenvalue weighted by atomic mass is 9.71. The van der Waals surface area contributed by atoms with Gasteiger partial charge in [-0.15, -0.1) is 6.58 Å². The number of carbonyl (C=O) groups excluding carboxylic acids is 2. The minimum Gasteiger partial charge on any atom is -0.468 e. The molecule has 2 aromatic rings. The zero-order chi connectivity index (χ0) is 22.9. The van der Waals surface area contributed by atoms with Crippen LogP contribution in [0.15, 0.2) is 55.1 Å². The maximum absolute atomic E-state index is 13.3. The third kappa shape index (κ3) is 3.58. The molecule has 2 aromatic carbocycles. The number of halogens is 1. The summed E-state index contributed by atoms with van der Waals surface area (Å²) in [4.78, 5) is 32.9. The molecule has 0 aromatic heterocycles. The number of benzene rings is 2. The molecule has 8 nitrogen and oxygen atoms in total. The largest absolute Gasteiger partial charge is 0.468 e. The Morgan fingerprint density at radius 2 is 1.81 bits per heavy atom. The van der Waals surface area contributed by atoms with Crippen molar-refractivity contribution in [2.24, 2.45) is 5.41 Å². The van der Waals surface area contributed by atoms with Crippen LogP contribution in [-0.4, -0.2) is 39.1 Å². The Hall–Kier alpha value is -2.79. The van der Waals surface area contributed by atoms with Crippen molar-refractivity contribution in [3.63, 3.8) is 0 Å². The van der Waals surface area contributed by atoms with E-state index in [2.05, 4.69) is 29.2 Å². The fourth-order valence-corrected chi connectivity index (χ4v) is 4.79. The summed E-state index contributed by atoms with van der Waals surface area (Å²) in [5.41, 5.74) is -0.445. The summed E-state index contributed by atoms with van der Waals surface area (Å²) < 4.78 is 22.1. The average molecular weight is 551 g/mol. The number of hydrogen-bond acceptors (Lipinski definition) is 8. The molecule has 0 N–H and O–H groups in total. The summed E-state index contributed by atoms with van der Waals surface area (Å²) >= 11 is 2.18. The lowest BCUT2D eigenvalue weighted by Gasteiger charge is -2.48. The van der Waals surface area contributed by atoms with E-state index >= 15 is 0 Å². The molecule has 168 valence electrons. The molecule has 32 heavy (non-hydrogen) atoms. The van der Waals surface area contributed by atoms with Crippen LogP contribution in [-0.2, 0) is 23.9 Å². The molecule has 0 spiro atoms. The molecule has 1 saturated heterocycles. The normalized spacial score (nSPS) is 21.0. The molecule has 9 heteroatoms. The predicted molar refractivity (Wildman–Crippen MR) is 123 cm³/mol. The van der Waals surface area contributed by atoms with Gasteiger partial charge in [0.15, 0.2) is 16.9 Å². The lowest BCUT2D eigenvalue weighted by molar-refractivity contribution is -0.183. The summed E-state index contributed by atoms with van der Waals surface area (Å²) in [7, 11) is 2.50. The standard InChI is InChI=1S/C23H22INO7/c1-4-15-12-23(21(26)28-2,22(27)29-3)20(14-9-10-18-19(11-14)31-13-30-18)25(32-15)17-8-6-5-7-16(17)24/h4-11,15,20H,1,12-13H2,2-3H3/t15-,20+/m0/s1. The Balaban J connectivity index is 1.99. The number of hydroxylamine groups is 1. The van der Waals surface area contributed by atoms with Crippen molar-refractivity contribution in [1.82, 2.24) is 0 Å². The highest BCUT2D eigenvalue weighted by molar-refractivity contribution is 14.1. The highest BCUT2D eigenvalue weighted by Crippen LogP contribution is 2.52. The maximum Gasteiger partial charge on any atom is 0.325 e. The second kappa shape index (κ2) is 8.99. The number of rotatable bonds is 5. The van der Waals surface area contributed by atoms with Crippen LogP contribution in [0.5, 0.6) is 11.5 Å². The van der Waals surface area contributed by atoms with E-state index in [1.165, 1.54) is 14.2 Å². The highest BCUT2D eigenvalue weighted by Gasteiger charge is 2.62. The Kier molecular flexibility index (Phi) is 6.29. The smallest absolute Gasteiger partial charge is 0.325 e. The van der Waals surface area contributed by atoms with Crippen LogP contribution in [0, 0.1) is 8.99 Å². The van der Waals surface area contributed by atoms with Crippen molar-refractivity contribution in [1.29, 1.82) is 0 Å². The molecule has 1 fully saturated rings. The first kappa shape index (κ1) is 22.4. The van der Waals surface area contributed by atoms with Crippen molar-refractivity contribution in [2.75, 3.05) is 26.1 Å². The third-order valence-corrected chi connectivity index (χ3v) is 6.55. The second-order valence-electron chi connectivity index (χ2n) is 7.33. The number of ether oxygens (including phenoxy) is 4. The minimum atomic E-state index is -1.73. The number of methoxy groups -OCH3 is 2. The quantitative estimate of drug-likeness (QED) is 0.240. The van der Waals surface area contributed by atoms with Crippen molar-refractivity contribution in [2.45, 2.75) is 18.6 Å². The number of carbonyl (C=O) groups is 2. The maximum atomic E-state index is 13.3. The summed E-state index contributed by atoms with van der Waals surface area (Å²) in [5.74, 6) is -0.354. The van der Waals surface area contributed by atoms with E-state index in [9.17, 15) is 9.59 Å². The van der Waals surface area contributed by atoms with Gasteiger partial charge in [-0.2, -0.15) is 0 Å². The minimum absolute atomic E-state index is 0.00509. The van der Waals surface area contributed by atoms with E-state index in [0.717, 1.165) is 3.57 Å². The molecule has 0 aliphatic carbocycles. The fourth-order valence-electron chi connectivity index (χ4n) is 4.17. The molecular weight excluding hydrogens is 529 g/mol. The van der Waals surface area contributed by atoms with Gasteiger partial charge in [-0.25, -0.2) is 5.06 Å². The molecule has 0 radical (unpaired) electrons. The number of fused-ring (bicyclic) bond motifs is 1. The van der Waals surface area contributed by atoms with E-state index in [1.807, 2.05) is 24.3 Å². The molecule has 0 saturated carbocycles. The van der Waals surface area contributed by atoms with Crippen molar-refractivity contribution in [3.8, 4) is 11.5 Å². The Labute approximate surface area is 199 Å². The predicted octanol–water partition coefficient (Wildman–Crippen LogP) is 3.79. The fraction of sp³-hybridized carbons (Fsp3) is 0.304. The van der Waals surface area contributed by atoms with E-state index in [0.29, 0.717) is 22.7 Å². The van der Waals surface area contributed by atoms with Gasteiger partial charge in [-0.1, -0.05) is 24.3 Å². The molecule has 4 rings (SSSR count). The average Bonchev–Trinajstić information content (AvgIpc) is 3.30. The number of nitrogens with zero attached hydrogens (tertiary/aromatic N) is 1. The van der Waals surface area contributed by atoms with Gasteiger partial charge < -0.3 is 18.9 Å². The molecule has 2 aliphatic heterocycles. The SMILES string of the molecule is C=C[C@H]1CC(C(=O)OC)(C(=O)OC)[C@@H](c2ccc3c(c2)OCO3)N(c2ccccc2I)O1. The van der Waals surface area contributed by atoms with Crippen molar-refractivity contribution >= 4 is 40.2 Å². The van der Waals surface area contributed by atoms with Crippen LogP contribution in [0.1, 0.15) is 18.0 Å². The zero-order valence-electron chi connectivity index (χ0n) is 17.6. The third-order valence-electron chi connectivity index (χ3n) is 5.64.